The van der Waals surface area contributed by atoms with Crippen molar-refractivity contribution in [2.45, 2.75) is 6.54 Å². The number of aromatic nitrogens is 4. The van der Waals surface area contributed by atoms with E-state index in [1.165, 1.54) is 5.56 Å². The number of nitrogens with zero attached hydrogens (tertiary/aromatic N) is 5. The number of nitrogens with one attached hydrogen (secondary N) is 2. The van der Waals surface area contributed by atoms with Crippen molar-refractivity contribution < 1.29 is 0 Å². The summed E-state index contributed by atoms with van der Waals surface area (Å²) in [6.07, 6.45) is 3.66. The third-order valence-electron chi connectivity index (χ3n) is 4.46. The zero-order valence-corrected chi connectivity index (χ0v) is 14.7. The normalized spacial score (nSPS) is 14.5. The maximum absolute atomic E-state index is 4.85. The summed E-state index contributed by atoms with van der Waals surface area (Å²) < 4.78 is 2.08. The fourth-order valence-corrected chi connectivity index (χ4v) is 3.13. The summed E-state index contributed by atoms with van der Waals surface area (Å²) in [7, 11) is 0. The third kappa shape index (κ3) is 3.39. The average molecular weight is 349 g/mol. The molecule has 7 heteroatoms. The fourth-order valence-electron chi connectivity index (χ4n) is 3.13. The zero-order chi connectivity index (χ0) is 17.8. The van der Waals surface area contributed by atoms with Crippen LogP contribution in [-0.2, 0) is 6.54 Å². The van der Waals surface area contributed by atoms with E-state index < -0.39 is 0 Å². The molecule has 1 aliphatic rings. The quantitative estimate of drug-likeness (QED) is 0.662. The summed E-state index contributed by atoms with van der Waals surface area (Å²) in [5, 5.41) is 6.67. The molecule has 0 spiro atoms. The van der Waals surface area contributed by atoms with Crippen LogP contribution in [-0.4, -0.2) is 52.2 Å². The highest BCUT2D eigenvalue weighted by molar-refractivity contribution is 5.84. The van der Waals surface area contributed by atoms with E-state index in [0.29, 0.717) is 6.54 Å². The number of fused-ring (bicyclic) bond motifs is 1. The molecule has 4 rings (SSSR count). The van der Waals surface area contributed by atoms with Crippen molar-refractivity contribution in [2.75, 3.05) is 42.9 Å². The van der Waals surface area contributed by atoms with Crippen LogP contribution >= 0.6 is 0 Å². The number of piperazine rings is 1. The zero-order valence-electron chi connectivity index (χ0n) is 14.7. The molecule has 134 valence electrons. The lowest BCUT2D eigenvalue weighted by Gasteiger charge is -2.27. The van der Waals surface area contributed by atoms with Crippen molar-refractivity contribution >= 4 is 22.9 Å². The second kappa shape index (κ2) is 7.53. The smallest absolute Gasteiger partial charge is 0.229 e. The van der Waals surface area contributed by atoms with Crippen LogP contribution in [0.15, 0.2) is 49.3 Å². The second-order valence-corrected chi connectivity index (χ2v) is 6.31. The topological polar surface area (TPSA) is 70.9 Å². The van der Waals surface area contributed by atoms with Gasteiger partial charge in [-0.05, 0) is 5.56 Å². The van der Waals surface area contributed by atoms with E-state index in [-0.39, 0.29) is 0 Å². The van der Waals surface area contributed by atoms with Crippen molar-refractivity contribution in [1.82, 2.24) is 24.8 Å². The van der Waals surface area contributed by atoms with Gasteiger partial charge >= 0.3 is 0 Å². The minimum absolute atomic E-state index is 0.638. The summed E-state index contributed by atoms with van der Waals surface area (Å²) in [6.45, 7) is 8.84. The highest BCUT2D eigenvalue weighted by atomic mass is 15.3. The van der Waals surface area contributed by atoms with E-state index in [1.54, 1.807) is 0 Å². The molecule has 0 amide bonds. The van der Waals surface area contributed by atoms with Crippen LogP contribution < -0.4 is 15.5 Å². The Hall–Kier alpha value is -2.93. The number of benzene rings is 1. The van der Waals surface area contributed by atoms with Gasteiger partial charge in [-0.1, -0.05) is 36.4 Å². The van der Waals surface area contributed by atoms with Gasteiger partial charge in [0.15, 0.2) is 17.0 Å². The number of rotatable bonds is 6. The van der Waals surface area contributed by atoms with Crippen molar-refractivity contribution in [3.8, 4) is 0 Å². The minimum atomic E-state index is 0.638. The lowest BCUT2D eigenvalue weighted by atomic mass is 10.2. The Labute approximate surface area is 152 Å². The summed E-state index contributed by atoms with van der Waals surface area (Å²) >= 11 is 0. The molecule has 2 N–H and O–H groups in total. The van der Waals surface area contributed by atoms with Crippen LogP contribution in [0.5, 0.6) is 0 Å². The number of anilines is 2. The number of imidazole rings is 1. The molecular weight excluding hydrogens is 326 g/mol. The van der Waals surface area contributed by atoms with Crippen LogP contribution in [0.2, 0.25) is 0 Å². The summed E-state index contributed by atoms with van der Waals surface area (Å²) in [5.41, 5.74) is 2.86. The number of hydrogen-bond donors (Lipinski definition) is 2. The first-order valence-electron chi connectivity index (χ1n) is 8.92. The van der Waals surface area contributed by atoms with Crippen LogP contribution in [0.4, 0.5) is 11.8 Å². The predicted molar refractivity (Wildman–Crippen MR) is 105 cm³/mol. The Morgan fingerprint density at radius 2 is 1.96 bits per heavy atom. The fraction of sp³-hybridized carbons (Fsp3) is 0.316. The first-order chi connectivity index (χ1) is 12.8. The first kappa shape index (κ1) is 16.5. The van der Waals surface area contributed by atoms with Crippen molar-refractivity contribution in [3.63, 3.8) is 0 Å². The Bertz CT molecular complexity index is 882. The van der Waals surface area contributed by atoms with Gasteiger partial charge in [-0.2, -0.15) is 9.97 Å². The molecule has 7 nitrogen and oxygen atoms in total. The summed E-state index contributed by atoms with van der Waals surface area (Å²) in [6, 6.07) is 10.3. The van der Waals surface area contributed by atoms with Gasteiger partial charge in [0.25, 0.3) is 0 Å². The molecular formula is C19H23N7. The first-order valence-corrected chi connectivity index (χ1v) is 8.92. The van der Waals surface area contributed by atoms with Gasteiger partial charge in [-0.15, -0.1) is 6.58 Å². The SMILES string of the molecule is C=CCNc1nc(N2CCNCC2)nc2c1ncn2Cc1ccccc1. The van der Waals surface area contributed by atoms with Crippen LogP contribution in [0.3, 0.4) is 0 Å². The lowest BCUT2D eigenvalue weighted by Crippen LogP contribution is -2.44. The molecule has 1 fully saturated rings. The van der Waals surface area contributed by atoms with E-state index >= 15 is 0 Å². The Kier molecular flexibility index (Phi) is 4.79. The summed E-state index contributed by atoms with van der Waals surface area (Å²) in [5.74, 6) is 1.51. The van der Waals surface area contributed by atoms with Gasteiger partial charge < -0.3 is 20.1 Å². The maximum atomic E-state index is 4.85. The molecule has 0 saturated carbocycles. The van der Waals surface area contributed by atoms with Gasteiger partial charge in [0.2, 0.25) is 5.95 Å². The molecule has 0 radical (unpaired) electrons. The van der Waals surface area contributed by atoms with Crippen LogP contribution in [0.25, 0.3) is 11.2 Å². The third-order valence-corrected chi connectivity index (χ3v) is 4.46. The maximum Gasteiger partial charge on any atom is 0.229 e. The standard InChI is InChI=1S/C19H23N7/c1-2-8-21-17-16-18(24-19(23-17)25-11-9-20-10-12-25)26(14-22-16)13-15-6-4-3-5-7-15/h2-7,14,20H,1,8-13H2,(H,21,23,24). The van der Waals surface area contributed by atoms with Crippen LogP contribution in [0, 0.1) is 0 Å². The Morgan fingerprint density at radius 3 is 2.73 bits per heavy atom. The largest absolute Gasteiger partial charge is 0.365 e. The second-order valence-electron chi connectivity index (χ2n) is 6.31. The molecule has 1 saturated heterocycles. The molecule has 1 aromatic carbocycles. The predicted octanol–water partition coefficient (Wildman–Crippen LogP) is 1.88. The number of hydrogen-bond acceptors (Lipinski definition) is 6. The molecule has 0 aliphatic carbocycles. The molecule has 26 heavy (non-hydrogen) atoms. The van der Waals surface area contributed by atoms with Gasteiger partial charge in [0.05, 0.1) is 12.9 Å². The summed E-state index contributed by atoms with van der Waals surface area (Å²) in [4.78, 5) is 16.4. The van der Waals surface area contributed by atoms with Crippen molar-refractivity contribution in [1.29, 1.82) is 0 Å². The Morgan fingerprint density at radius 1 is 1.15 bits per heavy atom. The van der Waals surface area contributed by atoms with Gasteiger partial charge in [-0.3, -0.25) is 0 Å². The highest BCUT2D eigenvalue weighted by Crippen LogP contribution is 2.23. The molecule has 0 atom stereocenters. The lowest BCUT2D eigenvalue weighted by molar-refractivity contribution is 0.580. The Balaban J connectivity index is 1.74. The molecule has 3 aromatic rings. The van der Waals surface area contributed by atoms with E-state index in [4.69, 9.17) is 9.97 Å². The highest BCUT2D eigenvalue weighted by Gasteiger charge is 2.18. The van der Waals surface area contributed by atoms with E-state index in [1.807, 2.05) is 30.6 Å². The minimum Gasteiger partial charge on any atom is -0.365 e. The van der Waals surface area contributed by atoms with E-state index in [9.17, 15) is 0 Å². The van der Waals surface area contributed by atoms with Crippen molar-refractivity contribution in [2.24, 2.45) is 0 Å². The van der Waals surface area contributed by atoms with Crippen molar-refractivity contribution in [3.05, 3.63) is 54.9 Å². The average Bonchev–Trinajstić information content (AvgIpc) is 3.10. The molecule has 0 bridgehead atoms. The van der Waals surface area contributed by atoms with Gasteiger partial charge in [-0.25, -0.2) is 4.98 Å². The molecule has 1 aliphatic heterocycles. The van der Waals surface area contributed by atoms with Crippen LogP contribution in [0.1, 0.15) is 5.56 Å². The molecule has 0 unspecified atom stereocenters. The van der Waals surface area contributed by atoms with E-state index in [0.717, 1.165) is 55.7 Å². The molecule has 2 aromatic heterocycles. The van der Waals surface area contributed by atoms with Gasteiger partial charge in [0, 0.05) is 32.7 Å². The molecule has 3 heterocycles. The monoisotopic (exact) mass is 349 g/mol. The van der Waals surface area contributed by atoms with Gasteiger partial charge in [0.1, 0.15) is 0 Å². The van der Waals surface area contributed by atoms with E-state index in [2.05, 4.69) is 43.8 Å².